The van der Waals surface area contributed by atoms with Gasteiger partial charge in [0.25, 0.3) is 0 Å². The molecule has 2 aliphatic rings. The van der Waals surface area contributed by atoms with E-state index in [0.717, 1.165) is 83.5 Å². The van der Waals surface area contributed by atoms with Crippen LogP contribution in [0, 0.1) is 0 Å². The molecule has 0 aromatic rings. The summed E-state index contributed by atoms with van der Waals surface area (Å²) in [6.07, 6.45) is 34.2. The van der Waals surface area contributed by atoms with Crippen LogP contribution in [-0.4, -0.2) is 142 Å². The summed E-state index contributed by atoms with van der Waals surface area (Å²) in [6.45, 7) is 3.51. The van der Waals surface area contributed by atoms with E-state index in [4.69, 9.17) is 28.4 Å². The molecule has 0 radical (unpaired) electrons. The van der Waals surface area contributed by atoms with E-state index < -0.39 is 80.7 Å². The second-order valence-electron chi connectivity index (χ2n) is 18.7. The van der Waals surface area contributed by atoms with Gasteiger partial charge < -0.3 is 64.2 Å². The number of unbranched alkanes of at least 4 members (excludes halogenated alkanes) is 18. The molecule has 2 heterocycles. The van der Waals surface area contributed by atoms with E-state index in [1.54, 1.807) is 0 Å². The molecule has 11 atom stereocenters. The molecule has 14 heteroatoms. The summed E-state index contributed by atoms with van der Waals surface area (Å²) in [5, 5.41) is 72.2. The summed E-state index contributed by atoms with van der Waals surface area (Å²) in [5.41, 5.74) is 0. The summed E-state index contributed by atoms with van der Waals surface area (Å²) in [4.78, 5) is 13.0. The Morgan fingerprint density at radius 1 is 0.493 bits per heavy atom. The van der Waals surface area contributed by atoms with Crippen LogP contribution in [0.25, 0.3) is 0 Å². The number of hydrogen-bond donors (Lipinski definition) is 7. The molecule has 0 amide bonds. The van der Waals surface area contributed by atoms with Crippen LogP contribution in [0.1, 0.15) is 181 Å². The number of ether oxygens (including phenoxy) is 6. The Hall–Kier alpha value is -2.31. The third kappa shape index (κ3) is 29.7. The Bertz CT molecular complexity index is 1370. The highest BCUT2D eigenvalue weighted by Crippen LogP contribution is 2.26. The lowest BCUT2D eigenvalue weighted by Crippen LogP contribution is -2.61. The van der Waals surface area contributed by atoms with Gasteiger partial charge in [0.2, 0.25) is 0 Å². The Morgan fingerprint density at radius 3 is 1.48 bits per heavy atom. The van der Waals surface area contributed by atoms with Gasteiger partial charge in [0.15, 0.2) is 12.6 Å². The monoisotopic (exact) mass is 981 g/mol. The molecular formula is C55H96O14. The summed E-state index contributed by atoms with van der Waals surface area (Å²) >= 11 is 0. The number of carbonyl (C=O) groups is 1. The zero-order valence-corrected chi connectivity index (χ0v) is 42.5. The van der Waals surface area contributed by atoms with Crippen molar-refractivity contribution in [3.8, 4) is 0 Å². The predicted molar refractivity (Wildman–Crippen MR) is 270 cm³/mol. The van der Waals surface area contributed by atoms with Crippen molar-refractivity contribution in [1.29, 1.82) is 0 Å². The van der Waals surface area contributed by atoms with Gasteiger partial charge in [-0.15, -0.1) is 0 Å². The summed E-state index contributed by atoms with van der Waals surface area (Å²) < 4.78 is 34.3. The van der Waals surface area contributed by atoms with Crippen molar-refractivity contribution in [2.45, 2.75) is 248 Å². The maximum absolute atomic E-state index is 13.0. The first-order chi connectivity index (χ1) is 33.6. The third-order valence-electron chi connectivity index (χ3n) is 12.5. The smallest absolute Gasteiger partial charge is 0.306 e. The number of allylic oxidation sites excluding steroid dienone is 10. The van der Waals surface area contributed by atoms with Gasteiger partial charge in [0.05, 0.1) is 26.4 Å². The van der Waals surface area contributed by atoms with Crippen LogP contribution in [0.3, 0.4) is 0 Å². The molecular weight excluding hydrogens is 885 g/mol. The van der Waals surface area contributed by atoms with Gasteiger partial charge >= 0.3 is 5.97 Å². The SMILES string of the molecule is CC/C=C\C/C=C\C/C=C\CCCCCCCCOCC(COC1OC(COC2OC(CO)C(O)C(O)C2O)C(O)C(O)C1O)OC(=O)CCCCCCCCCCC/C=C\C/C=C\CCCCC. The minimum absolute atomic E-state index is 0.0488. The largest absolute Gasteiger partial charge is 0.457 e. The Labute approximate surface area is 415 Å². The average molecular weight is 981 g/mol. The minimum Gasteiger partial charge on any atom is -0.457 e. The molecule has 0 bridgehead atoms. The normalized spacial score (nSPS) is 26.2. The number of aliphatic hydroxyl groups is 7. The van der Waals surface area contributed by atoms with Crippen molar-refractivity contribution in [1.82, 2.24) is 0 Å². The Balaban J connectivity index is 1.76. The first kappa shape index (κ1) is 62.8. The van der Waals surface area contributed by atoms with E-state index in [9.17, 15) is 40.5 Å². The maximum atomic E-state index is 13.0. The second-order valence-corrected chi connectivity index (χ2v) is 18.7. The van der Waals surface area contributed by atoms with Crippen LogP contribution in [0.4, 0.5) is 0 Å². The quantitative estimate of drug-likeness (QED) is 0.0174. The summed E-state index contributed by atoms with van der Waals surface area (Å²) in [6, 6.07) is 0. The van der Waals surface area contributed by atoms with Crippen LogP contribution in [0.2, 0.25) is 0 Å². The molecule has 2 fully saturated rings. The fraction of sp³-hybridized carbons (Fsp3) is 0.800. The van der Waals surface area contributed by atoms with E-state index in [-0.39, 0.29) is 25.6 Å². The van der Waals surface area contributed by atoms with Gasteiger partial charge in [-0.05, 0) is 77.0 Å². The topological polar surface area (TPSA) is 214 Å². The lowest BCUT2D eigenvalue weighted by atomic mass is 9.98. The maximum Gasteiger partial charge on any atom is 0.306 e. The molecule has 400 valence electrons. The first-order valence-corrected chi connectivity index (χ1v) is 26.9. The highest BCUT2D eigenvalue weighted by atomic mass is 16.7. The van der Waals surface area contributed by atoms with Crippen molar-refractivity contribution in [3.63, 3.8) is 0 Å². The summed E-state index contributed by atoms with van der Waals surface area (Å²) in [7, 11) is 0. The lowest BCUT2D eigenvalue weighted by Gasteiger charge is -2.42. The van der Waals surface area contributed by atoms with Gasteiger partial charge in [-0.25, -0.2) is 0 Å². The molecule has 0 aromatic heterocycles. The average Bonchev–Trinajstić information content (AvgIpc) is 3.35. The van der Waals surface area contributed by atoms with Crippen LogP contribution in [-0.2, 0) is 33.2 Å². The van der Waals surface area contributed by atoms with E-state index >= 15 is 0 Å². The predicted octanol–water partition coefficient (Wildman–Crippen LogP) is 8.52. The molecule has 2 aliphatic heterocycles. The molecule has 0 saturated carbocycles. The number of esters is 1. The van der Waals surface area contributed by atoms with Gasteiger partial charge in [0, 0.05) is 13.0 Å². The minimum atomic E-state index is -1.71. The first-order valence-electron chi connectivity index (χ1n) is 26.9. The molecule has 0 spiro atoms. The van der Waals surface area contributed by atoms with E-state index in [0.29, 0.717) is 13.0 Å². The molecule has 2 rings (SSSR count). The number of carbonyl (C=O) groups excluding carboxylic acids is 1. The van der Waals surface area contributed by atoms with Crippen LogP contribution in [0.15, 0.2) is 60.8 Å². The Kier molecular flexibility index (Phi) is 38.4. The van der Waals surface area contributed by atoms with E-state index in [1.807, 2.05) is 0 Å². The van der Waals surface area contributed by atoms with Crippen molar-refractivity contribution >= 4 is 5.97 Å². The second kappa shape index (κ2) is 42.2. The molecule has 0 aromatic carbocycles. The lowest BCUT2D eigenvalue weighted by molar-refractivity contribution is -0.332. The van der Waals surface area contributed by atoms with Gasteiger partial charge in [-0.1, -0.05) is 158 Å². The van der Waals surface area contributed by atoms with Gasteiger partial charge in [-0.2, -0.15) is 0 Å². The number of hydrogen-bond acceptors (Lipinski definition) is 14. The van der Waals surface area contributed by atoms with Crippen LogP contribution in [0.5, 0.6) is 0 Å². The Morgan fingerprint density at radius 2 is 0.942 bits per heavy atom. The zero-order valence-electron chi connectivity index (χ0n) is 42.5. The molecule has 69 heavy (non-hydrogen) atoms. The molecule has 2 saturated heterocycles. The molecule has 7 N–H and O–H groups in total. The molecule has 11 unspecified atom stereocenters. The molecule has 14 nitrogen and oxygen atoms in total. The number of aliphatic hydroxyl groups excluding tert-OH is 7. The zero-order chi connectivity index (χ0) is 50.2. The molecule has 0 aliphatic carbocycles. The van der Waals surface area contributed by atoms with Crippen molar-refractivity contribution in [2.24, 2.45) is 0 Å². The van der Waals surface area contributed by atoms with Crippen molar-refractivity contribution in [3.05, 3.63) is 60.8 Å². The van der Waals surface area contributed by atoms with E-state index in [2.05, 4.69) is 74.6 Å². The fourth-order valence-corrected chi connectivity index (χ4v) is 8.15. The number of rotatable bonds is 42. The van der Waals surface area contributed by atoms with E-state index in [1.165, 1.54) is 70.6 Å². The van der Waals surface area contributed by atoms with Crippen molar-refractivity contribution < 1.29 is 69.0 Å². The highest BCUT2D eigenvalue weighted by molar-refractivity contribution is 5.69. The van der Waals surface area contributed by atoms with Crippen molar-refractivity contribution in [2.75, 3.05) is 33.0 Å². The van der Waals surface area contributed by atoms with Gasteiger partial charge in [0.1, 0.15) is 54.9 Å². The highest BCUT2D eigenvalue weighted by Gasteiger charge is 2.47. The van der Waals surface area contributed by atoms with Crippen LogP contribution < -0.4 is 0 Å². The third-order valence-corrected chi connectivity index (χ3v) is 12.5. The standard InChI is InChI=1S/C55H96O14/c1-3-5-7-9-11-13-15-17-19-21-22-23-24-26-28-30-32-34-36-38-47(57)67-44(41-64-39-37-35-33-31-29-27-25-20-18-16-14-12-10-8-6-4-2)42-65-54-53(63)51(61)49(59)46(69-54)43-66-55-52(62)50(60)48(58)45(40-56)68-55/h6,8,11-14,17-20,44-46,48-56,58-63H,3-5,7,9-10,15-16,21-43H2,1-2H3/b8-6-,13-11-,14-12-,19-17-,20-18-. The van der Waals surface area contributed by atoms with Crippen LogP contribution >= 0.6 is 0 Å². The fourth-order valence-electron chi connectivity index (χ4n) is 8.15. The van der Waals surface area contributed by atoms with Gasteiger partial charge in [-0.3, -0.25) is 4.79 Å². The summed E-state index contributed by atoms with van der Waals surface area (Å²) in [5.74, 6) is -0.387.